The highest BCUT2D eigenvalue weighted by Crippen LogP contribution is 1.91. The summed E-state index contributed by atoms with van der Waals surface area (Å²) in [6.45, 7) is 3.72. The van der Waals surface area contributed by atoms with Crippen LogP contribution in [-0.2, 0) is 11.3 Å². The van der Waals surface area contributed by atoms with Crippen LogP contribution < -0.4 is 0 Å². The summed E-state index contributed by atoms with van der Waals surface area (Å²) in [4.78, 5) is 10.6. The number of Topliss-reactive ketones (excluding diaryl/α,β-unsaturated/α-hetero) is 1. The molecule has 0 aliphatic carbocycles. The van der Waals surface area contributed by atoms with E-state index in [0.717, 1.165) is 5.69 Å². The molecule has 1 rings (SSSR count). The maximum absolute atomic E-state index is 10.6. The number of nitrogens with zero attached hydrogens (tertiary/aromatic N) is 3. The van der Waals surface area contributed by atoms with E-state index in [-0.39, 0.29) is 5.78 Å². The zero-order chi connectivity index (χ0) is 7.56. The molecule has 0 saturated carbocycles. The van der Waals surface area contributed by atoms with Gasteiger partial charge in [0.2, 0.25) is 0 Å². The van der Waals surface area contributed by atoms with E-state index < -0.39 is 0 Å². The summed E-state index contributed by atoms with van der Waals surface area (Å²) in [5.41, 5.74) is 0.912. The van der Waals surface area contributed by atoms with Crippen molar-refractivity contribution in [3.63, 3.8) is 0 Å². The van der Waals surface area contributed by atoms with Crippen molar-refractivity contribution >= 4 is 5.78 Å². The van der Waals surface area contributed by atoms with Crippen LogP contribution in [0.5, 0.6) is 0 Å². The molecule has 0 unspecified atom stereocenters. The Bertz CT molecular complexity index is 241. The van der Waals surface area contributed by atoms with Crippen molar-refractivity contribution in [3.05, 3.63) is 11.9 Å². The molecule has 4 nitrogen and oxygen atoms in total. The fourth-order valence-electron chi connectivity index (χ4n) is 0.676. The number of ketones is 1. The number of hydrogen-bond donors (Lipinski definition) is 0. The third-order valence-electron chi connectivity index (χ3n) is 1.18. The maximum Gasteiger partial charge on any atom is 0.151 e. The molecule has 0 radical (unpaired) electrons. The fourth-order valence-corrected chi connectivity index (χ4v) is 0.676. The highest BCUT2D eigenvalue weighted by molar-refractivity contribution is 5.75. The molecule has 4 heteroatoms. The van der Waals surface area contributed by atoms with Gasteiger partial charge in [-0.25, -0.2) is 4.68 Å². The van der Waals surface area contributed by atoms with E-state index >= 15 is 0 Å². The SMILES string of the molecule is CC(=O)Cn1nncc1C. The van der Waals surface area contributed by atoms with Crippen LogP contribution in [0, 0.1) is 6.92 Å². The maximum atomic E-state index is 10.6. The lowest BCUT2D eigenvalue weighted by Crippen LogP contribution is -2.09. The second-order valence-corrected chi connectivity index (χ2v) is 2.24. The molecule has 0 aliphatic heterocycles. The highest BCUT2D eigenvalue weighted by Gasteiger charge is 1.99. The molecule has 0 fully saturated rings. The number of rotatable bonds is 2. The Kier molecular flexibility index (Phi) is 1.80. The molecule has 0 saturated heterocycles. The Morgan fingerprint density at radius 3 is 2.90 bits per heavy atom. The fraction of sp³-hybridized carbons (Fsp3) is 0.500. The van der Waals surface area contributed by atoms with Crippen LogP contribution in [-0.4, -0.2) is 20.8 Å². The van der Waals surface area contributed by atoms with Gasteiger partial charge < -0.3 is 0 Å². The monoisotopic (exact) mass is 139 g/mol. The number of hydrogen-bond acceptors (Lipinski definition) is 3. The van der Waals surface area contributed by atoms with E-state index in [1.165, 1.54) is 6.92 Å². The van der Waals surface area contributed by atoms with Crippen molar-refractivity contribution in [2.45, 2.75) is 20.4 Å². The van der Waals surface area contributed by atoms with E-state index in [4.69, 9.17) is 0 Å². The van der Waals surface area contributed by atoms with Crippen molar-refractivity contribution < 1.29 is 4.79 Å². The van der Waals surface area contributed by atoms with Gasteiger partial charge in [0.1, 0.15) is 6.54 Å². The van der Waals surface area contributed by atoms with Gasteiger partial charge >= 0.3 is 0 Å². The third-order valence-corrected chi connectivity index (χ3v) is 1.18. The highest BCUT2D eigenvalue weighted by atomic mass is 16.1. The van der Waals surface area contributed by atoms with Gasteiger partial charge in [0.25, 0.3) is 0 Å². The van der Waals surface area contributed by atoms with Gasteiger partial charge in [0.15, 0.2) is 5.78 Å². The minimum Gasteiger partial charge on any atom is -0.298 e. The molecule has 0 aliphatic rings. The van der Waals surface area contributed by atoms with Crippen molar-refractivity contribution in [2.75, 3.05) is 0 Å². The minimum atomic E-state index is 0.0913. The molecule has 0 N–H and O–H groups in total. The summed E-state index contributed by atoms with van der Waals surface area (Å²) in [6.07, 6.45) is 1.63. The molecule has 10 heavy (non-hydrogen) atoms. The molecular formula is C6H9N3O. The number of carbonyl (C=O) groups is 1. The summed E-state index contributed by atoms with van der Waals surface area (Å²) in [6, 6.07) is 0. The van der Waals surface area contributed by atoms with Gasteiger partial charge in [-0.05, 0) is 13.8 Å². The summed E-state index contributed by atoms with van der Waals surface area (Å²) in [7, 11) is 0. The molecule has 0 atom stereocenters. The normalized spacial score (nSPS) is 9.80. The first-order valence-electron chi connectivity index (χ1n) is 3.04. The smallest absolute Gasteiger partial charge is 0.151 e. The number of carbonyl (C=O) groups excluding carboxylic acids is 1. The van der Waals surface area contributed by atoms with Crippen molar-refractivity contribution in [1.82, 2.24) is 15.0 Å². The zero-order valence-corrected chi connectivity index (χ0v) is 6.03. The Labute approximate surface area is 58.8 Å². The van der Waals surface area contributed by atoms with Crippen LogP contribution in [0.2, 0.25) is 0 Å². The van der Waals surface area contributed by atoms with Gasteiger partial charge in [-0.3, -0.25) is 4.79 Å². The lowest BCUT2D eigenvalue weighted by atomic mass is 10.4. The topological polar surface area (TPSA) is 47.8 Å². The molecule has 1 heterocycles. The van der Waals surface area contributed by atoms with Crippen LogP contribution in [0.3, 0.4) is 0 Å². The molecule has 0 aromatic carbocycles. The van der Waals surface area contributed by atoms with Crippen molar-refractivity contribution in [3.8, 4) is 0 Å². The van der Waals surface area contributed by atoms with Gasteiger partial charge in [0, 0.05) is 0 Å². The first-order valence-corrected chi connectivity index (χ1v) is 3.04. The predicted octanol–water partition coefficient (Wildman–Crippen LogP) is 0.176. The molecular weight excluding hydrogens is 130 g/mol. The van der Waals surface area contributed by atoms with Gasteiger partial charge in [-0.2, -0.15) is 0 Å². The first kappa shape index (κ1) is 6.92. The Balaban J connectivity index is 2.74. The second kappa shape index (κ2) is 2.60. The minimum absolute atomic E-state index is 0.0913. The largest absolute Gasteiger partial charge is 0.298 e. The summed E-state index contributed by atoms with van der Waals surface area (Å²) in [5, 5.41) is 7.34. The standard InChI is InChI=1S/C6H9N3O/c1-5-3-7-8-9(5)4-6(2)10/h3H,4H2,1-2H3. The van der Waals surface area contributed by atoms with Crippen LogP contribution in [0.25, 0.3) is 0 Å². The average Bonchev–Trinajstić information content (AvgIpc) is 2.15. The summed E-state index contributed by atoms with van der Waals surface area (Å²) < 4.78 is 1.57. The summed E-state index contributed by atoms with van der Waals surface area (Å²) >= 11 is 0. The molecule has 0 spiro atoms. The van der Waals surface area contributed by atoms with Crippen LogP contribution >= 0.6 is 0 Å². The lowest BCUT2D eigenvalue weighted by Gasteiger charge is -1.96. The van der Waals surface area contributed by atoms with E-state index in [9.17, 15) is 4.79 Å². The molecule has 1 aromatic heterocycles. The van der Waals surface area contributed by atoms with E-state index in [0.29, 0.717) is 6.54 Å². The number of aryl methyl sites for hydroxylation is 1. The molecule has 0 bridgehead atoms. The number of aromatic nitrogens is 3. The van der Waals surface area contributed by atoms with Crippen LogP contribution in [0.1, 0.15) is 12.6 Å². The molecule has 1 aromatic rings. The van der Waals surface area contributed by atoms with Gasteiger partial charge in [-0.1, -0.05) is 5.21 Å². The van der Waals surface area contributed by atoms with Gasteiger partial charge in [0.05, 0.1) is 11.9 Å². The summed E-state index contributed by atoms with van der Waals surface area (Å²) in [5.74, 6) is 0.0913. The van der Waals surface area contributed by atoms with Crippen LogP contribution in [0.4, 0.5) is 0 Å². The molecule has 0 amide bonds. The predicted molar refractivity (Wildman–Crippen MR) is 35.4 cm³/mol. The van der Waals surface area contributed by atoms with E-state index in [2.05, 4.69) is 10.3 Å². The van der Waals surface area contributed by atoms with Crippen molar-refractivity contribution in [2.24, 2.45) is 0 Å². The lowest BCUT2D eigenvalue weighted by molar-refractivity contribution is -0.117. The quantitative estimate of drug-likeness (QED) is 0.587. The average molecular weight is 139 g/mol. The first-order chi connectivity index (χ1) is 4.70. The zero-order valence-electron chi connectivity index (χ0n) is 6.03. The van der Waals surface area contributed by atoms with Gasteiger partial charge in [-0.15, -0.1) is 5.10 Å². The second-order valence-electron chi connectivity index (χ2n) is 2.24. The van der Waals surface area contributed by atoms with E-state index in [1.54, 1.807) is 10.9 Å². The molecule has 54 valence electrons. The van der Waals surface area contributed by atoms with Crippen molar-refractivity contribution in [1.29, 1.82) is 0 Å². The van der Waals surface area contributed by atoms with Crippen LogP contribution in [0.15, 0.2) is 6.20 Å². The Morgan fingerprint density at radius 1 is 1.80 bits per heavy atom. The Morgan fingerprint density at radius 2 is 2.50 bits per heavy atom. The third kappa shape index (κ3) is 1.40. The van der Waals surface area contributed by atoms with E-state index in [1.807, 2.05) is 6.92 Å². The Hall–Kier alpha value is -1.19.